The Balaban J connectivity index is 3.12. The molecular formula is C12H15FO4. The average Bonchev–Trinajstić information content (AvgIpc) is 2.21. The summed E-state index contributed by atoms with van der Waals surface area (Å²) in [6, 6.07) is 2.50. The number of carboxylic acid groups (broad SMARTS) is 1. The molecule has 5 heteroatoms. The largest absolute Gasteiger partial charge is 0.493 e. The second-order valence-corrected chi connectivity index (χ2v) is 3.83. The second-order valence-electron chi connectivity index (χ2n) is 3.83. The van der Waals surface area contributed by atoms with Gasteiger partial charge in [-0.15, -0.1) is 0 Å². The number of hydrogen-bond acceptors (Lipinski definition) is 3. The van der Waals surface area contributed by atoms with E-state index in [-0.39, 0.29) is 23.8 Å². The van der Waals surface area contributed by atoms with E-state index in [1.807, 2.05) is 13.8 Å². The molecule has 0 amide bonds. The molecule has 1 aromatic carbocycles. The van der Waals surface area contributed by atoms with Gasteiger partial charge in [0.05, 0.1) is 19.6 Å². The number of hydrogen-bond donors (Lipinski definition) is 1. The first kappa shape index (κ1) is 13.3. The molecule has 1 rings (SSSR count). The fourth-order valence-corrected chi connectivity index (χ4v) is 1.38. The molecule has 4 nitrogen and oxygen atoms in total. The highest BCUT2D eigenvalue weighted by molar-refractivity contribution is 5.70. The van der Waals surface area contributed by atoms with E-state index in [1.165, 1.54) is 13.2 Å². The Morgan fingerprint density at radius 1 is 1.41 bits per heavy atom. The monoisotopic (exact) mass is 242 g/mol. The minimum atomic E-state index is -1.09. The summed E-state index contributed by atoms with van der Waals surface area (Å²) >= 11 is 0. The first-order chi connectivity index (χ1) is 7.93. The molecule has 0 unspecified atom stereocenters. The molecule has 0 heterocycles. The number of carboxylic acids is 1. The van der Waals surface area contributed by atoms with Crippen LogP contribution < -0.4 is 9.47 Å². The van der Waals surface area contributed by atoms with Gasteiger partial charge in [0.2, 0.25) is 0 Å². The first-order valence-electron chi connectivity index (χ1n) is 5.19. The predicted octanol–water partition coefficient (Wildman–Crippen LogP) is 2.25. The minimum absolute atomic E-state index is 0.0777. The van der Waals surface area contributed by atoms with Crippen molar-refractivity contribution in [3.63, 3.8) is 0 Å². The Bertz CT molecular complexity index is 415. The molecule has 94 valence electrons. The maximum Gasteiger partial charge on any atom is 0.307 e. The van der Waals surface area contributed by atoms with Gasteiger partial charge in [-0.1, -0.05) is 0 Å². The molecule has 0 saturated carbocycles. The van der Waals surface area contributed by atoms with Crippen LogP contribution in [0.2, 0.25) is 0 Å². The van der Waals surface area contributed by atoms with Gasteiger partial charge in [-0.25, -0.2) is 4.39 Å². The molecule has 17 heavy (non-hydrogen) atoms. The molecule has 0 bridgehead atoms. The molecule has 0 saturated heterocycles. The van der Waals surface area contributed by atoms with Crippen molar-refractivity contribution in [3.05, 3.63) is 23.5 Å². The maximum atomic E-state index is 13.5. The molecule has 0 fully saturated rings. The average molecular weight is 242 g/mol. The lowest BCUT2D eigenvalue weighted by Gasteiger charge is -2.15. The highest BCUT2D eigenvalue weighted by Crippen LogP contribution is 2.31. The third-order valence-corrected chi connectivity index (χ3v) is 2.04. The summed E-state index contributed by atoms with van der Waals surface area (Å²) < 4.78 is 23.9. The molecule has 0 aliphatic carbocycles. The topological polar surface area (TPSA) is 55.8 Å². The lowest BCUT2D eigenvalue weighted by molar-refractivity contribution is -0.136. The number of halogens is 1. The van der Waals surface area contributed by atoms with E-state index >= 15 is 0 Å². The fraction of sp³-hybridized carbons (Fsp3) is 0.417. The number of ether oxygens (including phenoxy) is 2. The Morgan fingerprint density at radius 3 is 2.53 bits per heavy atom. The summed E-state index contributed by atoms with van der Waals surface area (Å²) in [5.74, 6) is -1.10. The smallest absolute Gasteiger partial charge is 0.307 e. The zero-order valence-electron chi connectivity index (χ0n) is 9.99. The number of aliphatic carboxylic acids is 1. The van der Waals surface area contributed by atoms with Crippen LogP contribution in [0.1, 0.15) is 19.4 Å². The summed E-state index contributed by atoms with van der Waals surface area (Å²) in [7, 11) is 1.40. The third kappa shape index (κ3) is 3.62. The Morgan fingerprint density at radius 2 is 2.06 bits per heavy atom. The van der Waals surface area contributed by atoms with Crippen LogP contribution in [0.4, 0.5) is 4.39 Å². The Labute approximate surface area is 99.0 Å². The highest BCUT2D eigenvalue weighted by atomic mass is 19.1. The van der Waals surface area contributed by atoms with Crippen molar-refractivity contribution >= 4 is 5.97 Å². The molecule has 0 aliphatic heterocycles. The van der Waals surface area contributed by atoms with Crippen LogP contribution in [0.15, 0.2) is 12.1 Å². The van der Waals surface area contributed by atoms with Gasteiger partial charge in [0.25, 0.3) is 0 Å². The van der Waals surface area contributed by atoms with Crippen molar-refractivity contribution < 1.29 is 23.8 Å². The lowest BCUT2D eigenvalue weighted by Crippen LogP contribution is -2.09. The maximum absolute atomic E-state index is 13.5. The van der Waals surface area contributed by atoms with Crippen molar-refractivity contribution in [1.29, 1.82) is 0 Å². The molecule has 0 aromatic heterocycles. The van der Waals surface area contributed by atoms with Crippen molar-refractivity contribution in [3.8, 4) is 11.5 Å². The molecule has 1 aromatic rings. The fourth-order valence-electron chi connectivity index (χ4n) is 1.38. The van der Waals surface area contributed by atoms with Gasteiger partial charge in [0, 0.05) is 11.6 Å². The van der Waals surface area contributed by atoms with Gasteiger partial charge in [-0.05, 0) is 19.9 Å². The third-order valence-electron chi connectivity index (χ3n) is 2.04. The minimum Gasteiger partial charge on any atom is -0.493 e. The number of benzene rings is 1. The molecule has 0 atom stereocenters. The second kappa shape index (κ2) is 5.52. The summed E-state index contributed by atoms with van der Waals surface area (Å²) in [4.78, 5) is 10.6. The van der Waals surface area contributed by atoms with Crippen LogP contribution in [-0.2, 0) is 11.2 Å². The molecule has 0 radical (unpaired) electrons. The van der Waals surface area contributed by atoms with Gasteiger partial charge in [-0.2, -0.15) is 0 Å². The van der Waals surface area contributed by atoms with Crippen molar-refractivity contribution in [2.45, 2.75) is 26.4 Å². The van der Waals surface area contributed by atoms with E-state index in [2.05, 4.69) is 0 Å². The highest BCUT2D eigenvalue weighted by Gasteiger charge is 2.14. The lowest BCUT2D eigenvalue weighted by atomic mass is 10.1. The summed E-state index contributed by atoms with van der Waals surface area (Å²) in [6.07, 6.45) is -0.489. The number of carbonyl (C=O) groups is 1. The molecular weight excluding hydrogens is 227 g/mol. The van der Waals surface area contributed by atoms with Gasteiger partial charge in [0.15, 0.2) is 11.5 Å². The zero-order chi connectivity index (χ0) is 13.0. The van der Waals surface area contributed by atoms with Crippen LogP contribution in [0.25, 0.3) is 0 Å². The van der Waals surface area contributed by atoms with E-state index in [1.54, 1.807) is 0 Å². The summed E-state index contributed by atoms with van der Waals surface area (Å²) in [5, 5.41) is 8.65. The van der Waals surface area contributed by atoms with Gasteiger partial charge < -0.3 is 14.6 Å². The zero-order valence-corrected chi connectivity index (χ0v) is 9.99. The van der Waals surface area contributed by atoms with Crippen molar-refractivity contribution in [2.24, 2.45) is 0 Å². The number of rotatable bonds is 5. The van der Waals surface area contributed by atoms with Crippen molar-refractivity contribution in [2.75, 3.05) is 7.11 Å². The van der Waals surface area contributed by atoms with Gasteiger partial charge >= 0.3 is 5.97 Å². The van der Waals surface area contributed by atoms with E-state index < -0.39 is 11.8 Å². The van der Waals surface area contributed by atoms with Crippen LogP contribution >= 0.6 is 0 Å². The summed E-state index contributed by atoms with van der Waals surface area (Å²) in [5.41, 5.74) is 0.0777. The molecule has 1 N–H and O–H groups in total. The van der Waals surface area contributed by atoms with Crippen LogP contribution in [0.3, 0.4) is 0 Å². The van der Waals surface area contributed by atoms with E-state index in [0.717, 1.165) is 6.07 Å². The quantitative estimate of drug-likeness (QED) is 0.860. The van der Waals surface area contributed by atoms with Gasteiger partial charge in [0.1, 0.15) is 5.82 Å². The van der Waals surface area contributed by atoms with E-state index in [9.17, 15) is 9.18 Å². The van der Waals surface area contributed by atoms with Crippen molar-refractivity contribution in [1.82, 2.24) is 0 Å². The van der Waals surface area contributed by atoms with E-state index in [0.29, 0.717) is 5.75 Å². The first-order valence-corrected chi connectivity index (χ1v) is 5.19. The standard InChI is InChI=1S/C12H15FO4/c1-7(2)17-11-4-8(5-12(14)15)9(13)6-10(11)16-3/h4,6-7H,5H2,1-3H3,(H,14,15). The van der Waals surface area contributed by atoms with Crippen LogP contribution in [0, 0.1) is 5.82 Å². The normalized spacial score (nSPS) is 10.4. The van der Waals surface area contributed by atoms with Gasteiger partial charge in [-0.3, -0.25) is 4.79 Å². The Hall–Kier alpha value is -1.78. The molecule has 0 aliphatic rings. The number of methoxy groups -OCH3 is 1. The van der Waals surface area contributed by atoms with Crippen LogP contribution in [0.5, 0.6) is 11.5 Å². The SMILES string of the molecule is COc1cc(F)c(CC(=O)O)cc1OC(C)C. The molecule has 0 spiro atoms. The summed E-state index contributed by atoms with van der Waals surface area (Å²) in [6.45, 7) is 3.64. The van der Waals surface area contributed by atoms with Crippen LogP contribution in [-0.4, -0.2) is 24.3 Å². The van der Waals surface area contributed by atoms with E-state index in [4.69, 9.17) is 14.6 Å². The Kier molecular flexibility index (Phi) is 4.31. The predicted molar refractivity (Wildman–Crippen MR) is 60.1 cm³/mol.